The quantitative estimate of drug-likeness (QED) is 0.680. The van der Waals surface area contributed by atoms with Gasteiger partial charge in [0, 0.05) is 19.0 Å². The van der Waals surface area contributed by atoms with Crippen molar-refractivity contribution in [2.45, 2.75) is 77.5 Å². The molecule has 0 spiro atoms. The standard InChI is InChI=1S/C22H30N6/c1-16(2)28-18-10-6-5-9-17(18)23-22(28)19-11-8-13-26(19)15-21-25-24-20-12-4-3-7-14-27(20)21/h5-6,9-10,16,19H,3-4,7-8,11-15H2,1-2H3. The minimum absolute atomic E-state index is 0.355. The van der Waals surface area contributed by atoms with Gasteiger partial charge in [0.25, 0.3) is 0 Å². The summed E-state index contributed by atoms with van der Waals surface area (Å²) in [5.41, 5.74) is 2.35. The Morgan fingerprint density at radius 1 is 1.04 bits per heavy atom. The largest absolute Gasteiger partial charge is 0.324 e. The minimum Gasteiger partial charge on any atom is -0.324 e. The maximum absolute atomic E-state index is 5.08. The number of hydrogen-bond donors (Lipinski definition) is 0. The van der Waals surface area contributed by atoms with Gasteiger partial charge in [-0.15, -0.1) is 10.2 Å². The SMILES string of the molecule is CC(C)n1c(C2CCCN2Cc2nnc3n2CCCCC3)nc2ccccc21. The lowest BCUT2D eigenvalue weighted by molar-refractivity contribution is 0.224. The average molecular weight is 379 g/mol. The number of aryl methyl sites for hydroxylation is 1. The summed E-state index contributed by atoms with van der Waals surface area (Å²) < 4.78 is 4.82. The Bertz CT molecular complexity index is 969. The van der Waals surface area contributed by atoms with E-state index in [2.05, 4.69) is 62.3 Å². The van der Waals surface area contributed by atoms with Crippen molar-refractivity contribution in [2.75, 3.05) is 6.54 Å². The Morgan fingerprint density at radius 2 is 1.93 bits per heavy atom. The first-order valence-electron chi connectivity index (χ1n) is 10.8. The highest BCUT2D eigenvalue weighted by Crippen LogP contribution is 2.36. The van der Waals surface area contributed by atoms with E-state index in [1.165, 1.54) is 42.8 Å². The lowest BCUT2D eigenvalue weighted by atomic mass is 10.2. The smallest absolute Gasteiger partial charge is 0.147 e. The zero-order valence-corrected chi connectivity index (χ0v) is 17.0. The minimum atomic E-state index is 0.355. The number of para-hydroxylation sites is 2. The fourth-order valence-electron chi connectivity index (χ4n) is 4.99. The molecule has 3 aromatic rings. The number of benzene rings is 1. The van der Waals surface area contributed by atoms with Crippen LogP contribution in [0, 0.1) is 0 Å². The second-order valence-electron chi connectivity index (χ2n) is 8.55. The van der Waals surface area contributed by atoms with E-state index in [9.17, 15) is 0 Å². The first kappa shape index (κ1) is 17.9. The van der Waals surface area contributed by atoms with Crippen LogP contribution in [0.2, 0.25) is 0 Å². The van der Waals surface area contributed by atoms with E-state index in [1.54, 1.807) is 0 Å². The van der Waals surface area contributed by atoms with E-state index in [4.69, 9.17) is 4.98 Å². The molecule has 2 aliphatic rings. The van der Waals surface area contributed by atoms with Gasteiger partial charge in [0.05, 0.1) is 23.6 Å². The Balaban J connectivity index is 1.48. The molecule has 2 aromatic heterocycles. The van der Waals surface area contributed by atoms with Crippen LogP contribution in [-0.4, -0.2) is 35.8 Å². The monoisotopic (exact) mass is 378 g/mol. The molecule has 0 aliphatic carbocycles. The zero-order valence-electron chi connectivity index (χ0n) is 17.0. The van der Waals surface area contributed by atoms with Gasteiger partial charge in [-0.1, -0.05) is 18.6 Å². The molecule has 1 aromatic carbocycles. The Hall–Kier alpha value is -2.21. The van der Waals surface area contributed by atoms with E-state index in [1.807, 2.05) is 0 Å². The number of rotatable bonds is 4. The number of nitrogens with zero attached hydrogens (tertiary/aromatic N) is 6. The molecule has 1 atom stereocenters. The number of fused-ring (bicyclic) bond motifs is 2. The third kappa shape index (κ3) is 3.04. The van der Waals surface area contributed by atoms with Crippen molar-refractivity contribution in [2.24, 2.45) is 0 Å². The summed E-state index contributed by atoms with van der Waals surface area (Å²) in [6.45, 7) is 7.57. The summed E-state index contributed by atoms with van der Waals surface area (Å²) in [4.78, 5) is 7.65. The van der Waals surface area contributed by atoms with Crippen LogP contribution in [-0.2, 0) is 19.5 Å². The van der Waals surface area contributed by atoms with Gasteiger partial charge in [-0.05, 0) is 58.2 Å². The van der Waals surface area contributed by atoms with Crippen LogP contribution in [0.25, 0.3) is 11.0 Å². The van der Waals surface area contributed by atoms with E-state index in [0.29, 0.717) is 12.1 Å². The summed E-state index contributed by atoms with van der Waals surface area (Å²) in [5.74, 6) is 3.53. The number of aromatic nitrogens is 5. The zero-order chi connectivity index (χ0) is 19.1. The first-order valence-corrected chi connectivity index (χ1v) is 10.8. The normalized spacial score (nSPS) is 20.8. The van der Waals surface area contributed by atoms with Crippen LogP contribution in [0.1, 0.15) is 75.5 Å². The van der Waals surface area contributed by atoms with E-state index < -0.39 is 0 Å². The Morgan fingerprint density at radius 3 is 2.82 bits per heavy atom. The van der Waals surface area contributed by atoms with Crippen molar-refractivity contribution in [3.63, 3.8) is 0 Å². The molecular weight excluding hydrogens is 348 g/mol. The maximum Gasteiger partial charge on any atom is 0.147 e. The number of hydrogen-bond acceptors (Lipinski definition) is 4. The van der Waals surface area contributed by atoms with Gasteiger partial charge in [0.1, 0.15) is 17.5 Å². The van der Waals surface area contributed by atoms with Crippen molar-refractivity contribution in [1.29, 1.82) is 0 Å². The molecule has 1 unspecified atom stereocenters. The molecule has 28 heavy (non-hydrogen) atoms. The molecule has 0 amide bonds. The fraction of sp³-hybridized carbons (Fsp3) is 0.591. The number of imidazole rings is 1. The van der Waals surface area contributed by atoms with Gasteiger partial charge >= 0.3 is 0 Å². The highest BCUT2D eigenvalue weighted by atomic mass is 15.3. The molecule has 1 saturated heterocycles. The van der Waals surface area contributed by atoms with E-state index in [0.717, 1.165) is 43.8 Å². The van der Waals surface area contributed by atoms with Crippen LogP contribution >= 0.6 is 0 Å². The lowest BCUT2D eigenvalue weighted by Crippen LogP contribution is -2.27. The summed E-state index contributed by atoms with van der Waals surface area (Å²) in [5, 5.41) is 9.08. The van der Waals surface area contributed by atoms with Crippen molar-refractivity contribution < 1.29 is 0 Å². The summed E-state index contributed by atoms with van der Waals surface area (Å²) >= 11 is 0. The predicted molar refractivity (Wildman–Crippen MR) is 110 cm³/mol. The second-order valence-corrected chi connectivity index (χ2v) is 8.55. The van der Waals surface area contributed by atoms with Crippen molar-refractivity contribution >= 4 is 11.0 Å². The molecule has 0 N–H and O–H groups in total. The first-order chi connectivity index (χ1) is 13.7. The summed E-state index contributed by atoms with van der Waals surface area (Å²) in [7, 11) is 0. The van der Waals surface area contributed by atoms with Gasteiger partial charge < -0.3 is 9.13 Å². The van der Waals surface area contributed by atoms with Crippen molar-refractivity contribution in [3.05, 3.63) is 41.7 Å². The fourth-order valence-corrected chi connectivity index (χ4v) is 4.99. The third-order valence-corrected chi connectivity index (χ3v) is 6.33. The molecule has 0 bridgehead atoms. The van der Waals surface area contributed by atoms with Gasteiger partial charge in [-0.25, -0.2) is 4.98 Å². The van der Waals surface area contributed by atoms with Gasteiger partial charge in [-0.2, -0.15) is 0 Å². The van der Waals surface area contributed by atoms with E-state index in [-0.39, 0.29) is 0 Å². The summed E-state index contributed by atoms with van der Waals surface area (Å²) in [6.07, 6.45) is 7.23. The molecule has 1 fully saturated rings. The molecular formula is C22H30N6. The van der Waals surface area contributed by atoms with Crippen LogP contribution in [0.15, 0.2) is 24.3 Å². The molecule has 2 aliphatic heterocycles. The van der Waals surface area contributed by atoms with Gasteiger partial charge in [-0.3, -0.25) is 4.90 Å². The molecule has 0 radical (unpaired) electrons. The van der Waals surface area contributed by atoms with E-state index >= 15 is 0 Å². The average Bonchev–Trinajstić information content (AvgIpc) is 3.35. The van der Waals surface area contributed by atoms with Crippen LogP contribution in [0.3, 0.4) is 0 Å². The van der Waals surface area contributed by atoms with Crippen LogP contribution in [0.4, 0.5) is 0 Å². The summed E-state index contributed by atoms with van der Waals surface area (Å²) in [6, 6.07) is 9.29. The molecule has 148 valence electrons. The molecule has 6 nitrogen and oxygen atoms in total. The topological polar surface area (TPSA) is 51.8 Å². The Labute approximate surface area is 166 Å². The lowest BCUT2D eigenvalue weighted by Gasteiger charge is -2.26. The highest BCUT2D eigenvalue weighted by molar-refractivity contribution is 5.76. The molecule has 6 heteroatoms. The van der Waals surface area contributed by atoms with Gasteiger partial charge in [0.15, 0.2) is 0 Å². The highest BCUT2D eigenvalue weighted by Gasteiger charge is 2.32. The molecule has 4 heterocycles. The third-order valence-electron chi connectivity index (χ3n) is 6.33. The van der Waals surface area contributed by atoms with Crippen molar-refractivity contribution in [3.8, 4) is 0 Å². The Kier molecular flexibility index (Phi) is 4.67. The van der Waals surface area contributed by atoms with Crippen molar-refractivity contribution in [1.82, 2.24) is 29.2 Å². The predicted octanol–water partition coefficient (Wildman–Crippen LogP) is 4.27. The molecule has 5 rings (SSSR count). The van der Waals surface area contributed by atoms with Crippen LogP contribution < -0.4 is 0 Å². The second kappa shape index (κ2) is 7.32. The maximum atomic E-state index is 5.08. The number of likely N-dealkylation sites (tertiary alicyclic amines) is 1. The van der Waals surface area contributed by atoms with Crippen LogP contribution in [0.5, 0.6) is 0 Å². The van der Waals surface area contributed by atoms with Gasteiger partial charge in [0.2, 0.25) is 0 Å². The molecule has 0 saturated carbocycles.